The van der Waals surface area contributed by atoms with Gasteiger partial charge in [0.05, 0.1) is 36.5 Å². The number of amides is 2. The van der Waals surface area contributed by atoms with Gasteiger partial charge in [-0.05, 0) is 55.2 Å². The van der Waals surface area contributed by atoms with Crippen molar-refractivity contribution >= 4 is 38.9 Å². The van der Waals surface area contributed by atoms with Crippen LogP contribution in [0, 0.1) is 5.92 Å². The van der Waals surface area contributed by atoms with E-state index in [1.165, 1.54) is 14.0 Å². The fourth-order valence-corrected chi connectivity index (χ4v) is 5.09. The van der Waals surface area contributed by atoms with Crippen molar-refractivity contribution in [1.29, 1.82) is 0 Å². The Morgan fingerprint density at radius 2 is 1.73 bits per heavy atom. The van der Waals surface area contributed by atoms with Crippen molar-refractivity contribution in [1.82, 2.24) is 0 Å². The monoisotopic (exact) mass is 471 g/mol. The predicted octanol–water partition coefficient (Wildman–Crippen LogP) is 3.62. The minimum absolute atomic E-state index is 0.0316. The van der Waals surface area contributed by atoms with Gasteiger partial charge in [0.25, 0.3) is 0 Å². The first-order chi connectivity index (χ1) is 15.6. The highest BCUT2D eigenvalue weighted by atomic mass is 32.2. The van der Waals surface area contributed by atoms with Crippen LogP contribution < -0.4 is 19.3 Å². The van der Waals surface area contributed by atoms with Crippen LogP contribution >= 0.6 is 0 Å². The van der Waals surface area contributed by atoms with Crippen molar-refractivity contribution in [2.45, 2.75) is 39.2 Å². The number of carbonyl (C=O) groups excluding carboxylic acids is 2. The SMILES string of the molecule is COc1ccc(-c2ccc3c(c2)N(C(=O)C2CCC2)C[C@H](C)N3C(C)=O)cc1NS(C)(=O)=O. The van der Waals surface area contributed by atoms with E-state index in [9.17, 15) is 18.0 Å². The number of fused-ring (bicyclic) bond motifs is 1. The van der Waals surface area contributed by atoms with Crippen LogP contribution in [0.25, 0.3) is 11.1 Å². The summed E-state index contributed by atoms with van der Waals surface area (Å²) in [5, 5.41) is 0. The van der Waals surface area contributed by atoms with Crippen molar-refractivity contribution in [2.24, 2.45) is 5.92 Å². The molecule has 0 aromatic heterocycles. The summed E-state index contributed by atoms with van der Waals surface area (Å²) < 4.78 is 31.4. The van der Waals surface area contributed by atoms with Crippen LogP contribution in [0.2, 0.25) is 0 Å². The third-order valence-corrected chi connectivity index (χ3v) is 6.89. The molecule has 0 saturated heterocycles. The molecule has 0 spiro atoms. The van der Waals surface area contributed by atoms with Crippen molar-refractivity contribution in [3.63, 3.8) is 0 Å². The lowest BCUT2D eigenvalue weighted by molar-refractivity contribution is -0.125. The number of rotatable bonds is 5. The molecule has 2 aromatic rings. The molecular weight excluding hydrogens is 442 g/mol. The number of hydrogen-bond acceptors (Lipinski definition) is 5. The molecule has 1 heterocycles. The van der Waals surface area contributed by atoms with Gasteiger partial charge >= 0.3 is 0 Å². The topological polar surface area (TPSA) is 96.0 Å². The highest BCUT2D eigenvalue weighted by Gasteiger charge is 2.37. The molecule has 2 aromatic carbocycles. The summed E-state index contributed by atoms with van der Waals surface area (Å²) in [5.74, 6) is 0.463. The Kier molecular flexibility index (Phi) is 6.09. The van der Waals surface area contributed by atoms with Crippen molar-refractivity contribution in [2.75, 3.05) is 34.4 Å². The predicted molar refractivity (Wildman–Crippen MR) is 129 cm³/mol. The average molecular weight is 472 g/mol. The summed E-state index contributed by atoms with van der Waals surface area (Å²) in [6, 6.07) is 10.7. The van der Waals surface area contributed by atoms with E-state index in [1.807, 2.05) is 36.1 Å². The lowest BCUT2D eigenvalue weighted by Gasteiger charge is -2.43. The quantitative estimate of drug-likeness (QED) is 0.719. The first-order valence-corrected chi connectivity index (χ1v) is 12.9. The minimum Gasteiger partial charge on any atom is -0.495 e. The fraction of sp³-hybridized carbons (Fsp3) is 0.417. The zero-order valence-electron chi connectivity index (χ0n) is 19.3. The zero-order chi connectivity index (χ0) is 23.9. The molecule has 1 aliphatic carbocycles. The van der Waals surface area contributed by atoms with Crippen molar-refractivity contribution < 1.29 is 22.7 Å². The van der Waals surface area contributed by atoms with E-state index in [1.54, 1.807) is 17.0 Å². The van der Waals surface area contributed by atoms with E-state index >= 15 is 0 Å². The highest BCUT2D eigenvalue weighted by Crippen LogP contribution is 2.42. The molecule has 0 radical (unpaired) electrons. The molecule has 1 aliphatic heterocycles. The normalized spacial score (nSPS) is 18.4. The van der Waals surface area contributed by atoms with Crippen molar-refractivity contribution in [3.05, 3.63) is 36.4 Å². The Balaban J connectivity index is 1.80. The first-order valence-electron chi connectivity index (χ1n) is 11.0. The van der Waals surface area contributed by atoms with E-state index in [0.717, 1.165) is 36.6 Å². The number of sulfonamides is 1. The van der Waals surface area contributed by atoms with E-state index in [-0.39, 0.29) is 23.8 Å². The molecule has 176 valence electrons. The number of nitrogens with one attached hydrogen (secondary N) is 1. The van der Waals surface area contributed by atoms with Gasteiger partial charge in [0, 0.05) is 19.4 Å². The molecule has 1 N–H and O–H groups in total. The maximum atomic E-state index is 13.2. The number of carbonyl (C=O) groups is 2. The zero-order valence-corrected chi connectivity index (χ0v) is 20.1. The Morgan fingerprint density at radius 3 is 2.30 bits per heavy atom. The second-order valence-corrected chi connectivity index (χ2v) is 10.6. The summed E-state index contributed by atoms with van der Waals surface area (Å²) in [5.41, 5.74) is 3.30. The minimum atomic E-state index is -3.50. The Labute approximate surface area is 194 Å². The van der Waals surface area contributed by atoms with Gasteiger partial charge in [0.2, 0.25) is 21.8 Å². The second-order valence-electron chi connectivity index (χ2n) is 8.81. The molecule has 1 atom stereocenters. The smallest absolute Gasteiger partial charge is 0.230 e. The fourth-order valence-electron chi connectivity index (χ4n) is 4.54. The number of ether oxygens (including phenoxy) is 1. The lowest BCUT2D eigenvalue weighted by Crippen LogP contribution is -2.53. The molecule has 1 fully saturated rings. The summed E-state index contributed by atoms with van der Waals surface area (Å²) in [7, 11) is -2.02. The van der Waals surface area contributed by atoms with Crippen LogP contribution in [-0.2, 0) is 19.6 Å². The van der Waals surface area contributed by atoms with E-state index in [2.05, 4.69) is 4.72 Å². The summed E-state index contributed by atoms with van der Waals surface area (Å²) >= 11 is 0. The van der Waals surface area contributed by atoms with Crippen LogP contribution in [-0.4, -0.2) is 46.2 Å². The lowest BCUT2D eigenvalue weighted by atomic mass is 9.84. The second kappa shape index (κ2) is 8.70. The van der Waals surface area contributed by atoms with E-state index < -0.39 is 10.0 Å². The third kappa shape index (κ3) is 4.55. The number of benzene rings is 2. The Bertz CT molecular complexity index is 1210. The molecule has 2 aliphatic rings. The molecule has 2 amide bonds. The van der Waals surface area contributed by atoms with Gasteiger partial charge in [0.1, 0.15) is 5.75 Å². The highest BCUT2D eigenvalue weighted by molar-refractivity contribution is 7.92. The van der Waals surface area contributed by atoms with Gasteiger partial charge in [-0.25, -0.2) is 8.42 Å². The molecule has 33 heavy (non-hydrogen) atoms. The first kappa shape index (κ1) is 23.1. The molecule has 1 saturated carbocycles. The number of hydrogen-bond donors (Lipinski definition) is 1. The summed E-state index contributed by atoms with van der Waals surface area (Å²) in [6.07, 6.45) is 3.94. The van der Waals surface area contributed by atoms with Gasteiger partial charge in [0.15, 0.2) is 0 Å². The summed E-state index contributed by atoms with van der Waals surface area (Å²) in [4.78, 5) is 29.2. The average Bonchev–Trinajstić information content (AvgIpc) is 2.70. The standard InChI is InChI=1S/C24H29N3O5S/c1-15-14-26(24(29)17-6-5-7-17)22-13-19(8-10-21(22)27(15)16(2)28)18-9-11-23(32-3)20(12-18)25-33(4,30)31/h8-13,15,17,25H,5-7,14H2,1-4H3/t15-/m0/s1. The molecule has 0 unspecified atom stereocenters. The van der Waals surface area contributed by atoms with Crippen LogP contribution in [0.5, 0.6) is 5.75 Å². The molecular formula is C24H29N3O5S. The van der Waals surface area contributed by atoms with Crippen LogP contribution in [0.3, 0.4) is 0 Å². The van der Waals surface area contributed by atoms with Gasteiger partial charge in [-0.1, -0.05) is 18.6 Å². The maximum absolute atomic E-state index is 13.2. The van der Waals surface area contributed by atoms with Crippen LogP contribution in [0.15, 0.2) is 36.4 Å². The van der Waals surface area contributed by atoms with E-state index in [0.29, 0.717) is 29.4 Å². The molecule has 0 bridgehead atoms. The van der Waals surface area contributed by atoms with Crippen LogP contribution in [0.4, 0.5) is 17.1 Å². The van der Waals surface area contributed by atoms with E-state index in [4.69, 9.17) is 4.74 Å². The van der Waals surface area contributed by atoms with Gasteiger partial charge in [-0.2, -0.15) is 0 Å². The Morgan fingerprint density at radius 1 is 1.06 bits per heavy atom. The number of methoxy groups -OCH3 is 1. The van der Waals surface area contributed by atoms with Crippen LogP contribution in [0.1, 0.15) is 33.1 Å². The molecule has 4 rings (SSSR count). The summed E-state index contributed by atoms with van der Waals surface area (Å²) in [6.45, 7) is 3.92. The molecule has 9 heteroatoms. The van der Waals surface area contributed by atoms with Gasteiger partial charge in [-0.3, -0.25) is 14.3 Å². The van der Waals surface area contributed by atoms with Gasteiger partial charge < -0.3 is 14.5 Å². The number of anilines is 3. The third-order valence-electron chi connectivity index (χ3n) is 6.30. The largest absolute Gasteiger partial charge is 0.495 e. The molecule has 8 nitrogen and oxygen atoms in total. The maximum Gasteiger partial charge on any atom is 0.230 e. The number of nitrogens with zero attached hydrogens (tertiary/aromatic N) is 2. The Hall–Kier alpha value is -3.07. The van der Waals surface area contributed by atoms with Crippen molar-refractivity contribution in [3.8, 4) is 16.9 Å². The van der Waals surface area contributed by atoms with Gasteiger partial charge in [-0.15, -0.1) is 0 Å².